The molecule has 3 heterocycles. The van der Waals surface area contributed by atoms with Gasteiger partial charge in [0.05, 0.1) is 38.6 Å². The molecule has 3 rings (SSSR count). The standard InChI is InChI=1S/C44H81NO18/c1-3-5-7-9-11-13-14-15-17-19-21-28(49)27(45-32(50)22-20-18-16-12-10-8-6-4-2)26-58-42-38(56)35(53)40(30(24-47)60-42)63-44-39(57)36(54)41(31(25-48)61-44)62-43-37(55)34(52)33(51)29(23-46)59-43/h19,21,27-31,33-44,46-49,51-57H,3-18,20,22-26H2,1-2H3,(H,45,50)/b21-19+. The molecule has 1 amide bonds. The summed E-state index contributed by atoms with van der Waals surface area (Å²) in [5.41, 5.74) is 0. The predicted octanol–water partition coefficient (Wildman–Crippen LogP) is -0.0852. The molecule has 370 valence electrons. The number of amides is 1. The molecule has 0 saturated carbocycles. The molecule has 0 aromatic carbocycles. The third-order valence-electron chi connectivity index (χ3n) is 12.1. The smallest absolute Gasteiger partial charge is 0.220 e. The number of aliphatic hydroxyl groups excluding tert-OH is 11. The van der Waals surface area contributed by atoms with Gasteiger partial charge < -0.3 is 89.9 Å². The highest BCUT2D eigenvalue weighted by molar-refractivity contribution is 5.76. The maximum atomic E-state index is 13.1. The largest absolute Gasteiger partial charge is 0.394 e. The molecule has 19 heteroatoms. The van der Waals surface area contributed by atoms with Crippen molar-refractivity contribution in [3.05, 3.63) is 12.2 Å². The molecule has 0 aromatic rings. The van der Waals surface area contributed by atoms with Crippen LogP contribution in [0.2, 0.25) is 0 Å². The lowest BCUT2D eigenvalue weighted by molar-refractivity contribution is -0.379. The average Bonchev–Trinajstić information content (AvgIpc) is 3.28. The summed E-state index contributed by atoms with van der Waals surface area (Å²) in [5, 5.41) is 119. The van der Waals surface area contributed by atoms with Gasteiger partial charge in [0.15, 0.2) is 18.9 Å². The minimum atomic E-state index is -1.97. The van der Waals surface area contributed by atoms with Gasteiger partial charge in [-0.05, 0) is 19.3 Å². The van der Waals surface area contributed by atoms with Crippen LogP contribution < -0.4 is 5.32 Å². The van der Waals surface area contributed by atoms with Crippen molar-refractivity contribution in [2.24, 2.45) is 0 Å². The zero-order valence-corrected chi connectivity index (χ0v) is 37.3. The fraction of sp³-hybridized carbons (Fsp3) is 0.932. The number of hydrogen-bond acceptors (Lipinski definition) is 18. The van der Waals surface area contributed by atoms with Crippen molar-refractivity contribution in [2.45, 2.75) is 234 Å². The number of rotatable bonds is 31. The van der Waals surface area contributed by atoms with E-state index in [1.54, 1.807) is 6.08 Å². The van der Waals surface area contributed by atoms with Crippen LogP contribution in [-0.4, -0.2) is 193 Å². The Labute approximate surface area is 372 Å². The Morgan fingerprint density at radius 3 is 1.49 bits per heavy atom. The van der Waals surface area contributed by atoms with Gasteiger partial charge in [0, 0.05) is 6.42 Å². The van der Waals surface area contributed by atoms with Crippen LogP contribution in [-0.2, 0) is 33.2 Å². The minimum Gasteiger partial charge on any atom is -0.394 e. The van der Waals surface area contributed by atoms with Gasteiger partial charge in [-0.2, -0.15) is 0 Å². The summed E-state index contributed by atoms with van der Waals surface area (Å²) >= 11 is 0. The number of allylic oxidation sites excluding steroid dienone is 1. The number of hydrogen-bond donors (Lipinski definition) is 12. The lowest BCUT2D eigenvalue weighted by atomic mass is 9.96. The quantitative estimate of drug-likeness (QED) is 0.0320. The van der Waals surface area contributed by atoms with Gasteiger partial charge in [0.25, 0.3) is 0 Å². The van der Waals surface area contributed by atoms with Crippen LogP contribution in [0, 0.1) is 0 Å². The molecule has 0 aromatic heterocycles. The Bertz CT molecular complexity index is 1230. The van der Waals surface area contributed by atoms with Gasteiger partial charge in [0.1, 0.15) is 73.2 Å². The molecule has 3 aliphatic heterocycles. The number of unbranched alkanes of at least 4 members (excludes halogenated alkanes) is 15. The van der Waals surface area contributed by atoms with E-state index in [4.69, 9.17) is 28.4 Å². The van der Waals surface area contributed by atoms with Crippen molar-refractivity contribution >= 4 is 5.91 Å². The van der Waals surface area contributed by atoms with Crippen molar-refractivity contribution in [3.8, 4) is 0 Å². The van der Waals surface area contributed by atoms with E-state index < -0.39 is 124 Å². The van der Waals surface area contributed by atoms with Crippen LogP contribution in [0.15, 0.2) is 12.2 Å². The predicted molar refractivity (Wildman–Crippen MR) is 227 cm³/mol. The van der Waals surface area contributed by atoms with E-state index in [2.05, 4.69) is 19.2 Å². The minimum absolute atomic E-state index is 0.245. The second kappa shape index (κ2) is 30.7. The third-order valence-corrected chi connectivity index (χ3v) is 12.1. The molecule has 3 saturated heterocycles. The summed E-state index contributed by atoms with van der Waals surface area (Å²) < 4.78 is 33.9. The van der Waals surface area contributed by atoms with Gasteiger partial charge in [0.2, 0.25) is 5.91 Å². The fourth-order valence-corrected chi connectivity index (χ4v) is 8.07. The zero-order valence-electron chi connectivity index (χ0n) is 37.3. The first-order valence-corrected chi connectivity index (χ1v) is 23.4. The first-order valence-electron chi connectivity index (χ1n) is 23.4. The number of nitrogens with one attached hydrogen (secondary N) is 1. The topological polar surface area (TPSA) is 307 Å². The Balaban J connectivity index is 1.61. The normalized spacial score (nSPS) is 34.9. The van der Waals surface area contributed by atoms with Crippen molar-refractivity contribution in [1.82, 2.24) is 5.32 Å². The first-order chi connectivity index (χ1) is 30.3. The highest BCUT2D eigenvalue weighted by atomic mass is 16.8. The van der Waals surface area contributed by atoms with Crippen LogP contribution in [0.1, 0.15) is 129 Å². The third kappa shape index (κ3) is 17.9. The molecule has 19 nitrogen and oxygen atoms in total. The van der Waals surface area contributed by atoms with Crippen molar-refractivity contribution < 1.29 is 89.4 Å². The van der Waals surface area contributed by atoms with Crippen molar-refractivity contribution in [1.29, 1.82) is 0 Å². The molecule has 17 atom stereocenters. The van der Waals surface area contributed by atoms with Gasteiger partial charge >= 0.3 is 0 Å². The molecule has 0 bridgehead atoms. The molecular weight excluding hydrogens is 830 g/mol. The molecule has 0 spiro atoms. The monoisotopic (exact) mass is 912 g/mol. The average molecular weight is 912 g/mol. The fourth-order valence-electron chi connectivity index (χ4n) is 8.07. The summed E-state index contributed by atoms with van der Waals surface area (Å²) in [6.07, 6.45) is -4.53. The van der Waals surface area contributed by atoms with Crippen LogP contribution >= 0.6 is 0 Å². The van der Waals surface area contributed by atoms with Crippen LogP contribution in [0.5, 0.6) is 0 Å². The van der Waals surface area contributed by atoms with Crippen LogP contribution in [0.3, 0.4) is 0 Å². The van der Waals surface area contributed by atoms with Gasteiger partial charge in [-0.3, -0.25) is 4.79 Å². The molecule has 3 fully saturated rings. The molecule has 63 heavy (non-hydrogen) atoms. The van der Waals surface area contributed by atoms with E-state index in [1.807, 2.05) is 6.08 Å². The van der Waals surface area contributed by atoms with E-state index >= 15 is 0 Å². The van der Waals surface area contributed by atoms with Gasteiger partial charge in [-0.15, -0.1) is 0 Å². The molecular formula is C44H81NO18. The summed E-state index contributed by atoms with van der Waals surface area (Å²) in [6, 6.07) is -0.961. The summed E-state index contributed by atoms with van der Waals surface area (Å²) in [4.78, 5) is 13.1. The van der Waals surface area contributed by atoms with E-state index in [0.29, 0.717) is 6.42 Å². The van der Waals surface area contributed by atoms with Crippen LogP contribution in [0.25, 0.3) is 0 Å². The highest BCUT2D eigenvalue weighted by Gasteiger charge is 2.53. The second-order valence-electron chi connectivity index (χ2n) is 17.2. The highest BCUT2D eigenvalue weighted by Crippen LogP contribution is 2.33. The van der Waals surface area contributed by atoms with E-state index in [9.17, 15) is 61.0 Å². The molecule has 0 radical (unpaired) electrons. The lowest BCUT2D eigenvalue weighted by Gasteiger charge is -2.48. The van der Waals surface area contributed by atoms with Gasteiger partial charge in [-0.1, -0.05) is 116 Å². The molecule has 12 N–H and O–H groups in total. The Hall–Kier alpha value is -1.47. The lowest BCUT2D eigenvalue weighted by Crippen LogP contribution is -2.66. The van der Waals surface area contributed by atoms with E-state index in [0.717, 1.165) is 44.9 Å². The maximum absolute atomic E-state index is 13.1. The number of ether oxygens (including phenoxy) is 6. The maximum Gasteiger partial charge on any atom is 0.220 e. The SMILES string of the molecule is CCCCCCCCCC/C=C/C(O)C(COC1OC(CO)C(OC2OC(CO)C(OC3OC(CO)C(O)C(O)C3O)C(O)C2O)C(O)C1O)NC(=O)CCCCCCCCCC. The first kappa shape index (κ1) is 55.9. The molecule has 3 aliphatic rings. The second-order valence-corrected chi connectivity index (χ2v) is 17.2. The number of carbonyl (C=O) groups is 1. The Morgan fingerprint density at radius 2 is 0.984 bits per heavy atom. The Kier molecular flexibility index (Phi) is 27.3. The number of carbonyl (C=O) groups excluding carboxylic acids is 1. The summed E-state index contributed by atoms with van der Waals surface area (Å²) in [6.45, 7) is 1.60. The molecule has 0 aliphatic carbocycles. The molecule has 17 unspecified atom stereocenters. The van der Waals surface area contributed by atoms with E-state index in [1.165, 1.54) is 57.8 Å². The van der Waals surface area contributed by atoms with Crippen LogP contribution in [0.4, 0.5) is 0 Å². The van der Waals surface area contributed by atoms with Gasteiger partial charge in [-0.25, -0.2) is 0 Å². The number of aliphatic hydroxyl groups is 11. The van der Waals surface area contributed by atoms with E-state index in [-0.39, 0.29) is 18.9 Å². The zero-order chi connectivity index (χ0) is 46.3. The van der Waals surface area contributed by atoms with Crippen molar-refractivity contribution in [3.63, 3.8) is 0 Å². The summed E-state index contributed by atoms with van der Waals surface area (Å²) in [5.74, 6) is -0.285. The Morgan fingerprint density at radius 1 is 0.556 bits per heavy atom. The van der Waals surface area contributed by atoms with Crippen molar-refractivity contribution in [2.75, 3.05) is 26.4 Å². The summed E-state index contributed by atoms with van der Waals surface area (Å²) in [7, 11) is 0.